The van der Waals surface area contributed by atoms with Crippen LogP contribution in [0.4, 0.5) is 0 Å². The molecule has 4 aliphatic carbocycles. The van der Waals surface area contributed by atoms with Gasteiger partial charge in [-0.15, -0.1) is 0 Å². The van der Waals surface area contributed by atoms with Crippen LogP contribution in [0.1, 0.15) is 58.8 Å². The third-order valence-corrected chi connectivity index (χ3v) is 6.82. The molecule has 0 unspecified atom stereocenters. The molecule has 102 valence electrons. The van der Waals surface area contributed by atoms with Crippen molar-refractivity contribution in [3.05, 3.63) is 35.5 Å². The Bertz CT molecular complexity index is 492. The van der Waals surface area contributed by atoms with E-state index >= 15 is 0 Å². The van der Waals surface area contributed by atoms with Crippen LogP contribution < -0.4 is 0 Å². The molecule has 2 saturated carbocycles. The van der Waals surface area contributed by atoms with Crippen molar-refractivity contribution in [3.63, 3.8) is 0 Å². The minimum atomic E-state index is 0.400. The molecule has 0 aromatic rings. The lowest BCUT2D eigenvalue weighted by Crippen LogP contribution is -2.45. The Hall–Kier alpha value is -0.780. The van der Waals surface area contributed by atoms with Gasteiger partial charge in [0, 0.05) is 5.41 Å². The molecule has 0 spiro atoms. The molecular formula is C19H26. The summed E-state index contributed by atoms with van der Waals surface area (Å²) in [4.78, 5) is 0. The third kappa shape index (κ3) is 1.52. The first-order valence-electron chi connectivity index (χ1n) is 8.23. The first-order valence-corrected chi connectivity index (χ1v) is 8.23. The smallest absolute Gasteiger partial charge is 0.00718 e. The average molecular weight is 254 g/mol. The number of hydrogen-bond donors (Lipinski definition) is 0. The van der Waals surface area contributed by atoms with Gasteiger partial charge in [-0.3, -0.25) is 0 Å². The van der Waals surface area contributed by atoms with Crippen molar-refractivity contribution in [1.29, 1.82) is 0 Å². The minimum absolute atomic E-state index is 0.400. The number of rotatable bonds is 0. The lowest BCUT2D eigenvalue weighted by molar-refractivity contribution is 0.0757. The molecule has 4 aliphatic rings. The van der Waals surface area contributed by atoms with Crippen LogP contribution in [-0.4, -0.2) is 0 Å². The van der Waals surface area contributed by atoms with Crippen molar-refractivity contribution in [2.45, 2.75) is 58.8 Å². The van der Waals surface area contributed by atoms with E-state index < -0.39 is 0 Å². The third-order valence-electron chi connectivity index (χ3n) is 6.82. The molecule has 0 aliphatic heterocycles. The zero-order chi connectivity index (χ0) is 13.1. The van der Waals surface area contributed by atoms with Gasteiger partial charge >= 0.3 is 0 Å². The maximum atomic E-state index is 2.63. The molecule has 0 saturated heterocycles. The van der Waals surface area contributed by atoms with E-state index in [2.05, 4.69) is 38.2 Å². The summed E-state index contributed by atoms with van der Waals surface area (Å²) < 4.78 is 0. The van der Waals surface area contributed by atoms with Crippen molar-refractivity contribution < 1.29 is 0 Å². The standard InChI is InChI=1S/C19H26/c1-18-11-5-7-16(18)15-9-8-14-6-3-4-12-19(14,2)17(15)10-13-18/h5,7-8,11,15,17H,3-4,6,9-10,12-13H2,1-2H3/t15-,17-,18-,19-/m0/s1. The summed E-state index contributed by atoms with van der Waals surface area (Å²) in [6.07, 6.45) is 19.7. The Morgan fingerprint density at radius 3 is 2.95 bits per heavy atom. The van der Waals surface area contributed by atoms with Crippen LogP contribution in [0, 0.1) is 22.7 Å². The van der Waals surface area contributed by atoms with Crippen LogP contribution in [0.3, 0.4) is 0 Å². The Kier molecular flexibility index (Phi) is 2.44. The lowest BCUT2D eigenvalue weighted by Gasteiger charge is -2.54. The molecule has 19 heavy (non-hydrogen) atoms. The molecule has 0 nitrogen and oxygen atoms in total. The molecule has 0 bridgehead atoms. The fourth-order valence-electron chi connectivity index (χ4n) is 5.63. The molecule has 0 N–H and O–H groups in total. The van der Waals surface area contributed by atoms with Crippen LogP contribution in [0.25, 0.3) is 0 Å². The van der Waals surface area contributed by atoms with Crippen molar-refractivity contribution in [2.24, 2.45) is 22.7 Å². The Balaban J connectivity index is 1.75. The molecule has 0 amide bonds. The first kappa shape index (κ1) is 12.0. The van der Waals surface area contributed by atoms with Crippen molar-refractivity contribution in [1.82, 2.24) is 0 Å². The SMILES string of the molecule is C[C@@]12C=CC=C1[C@@H]1CC=C3CCCC[C@]3(C)[C@H]1CC2. The second kappa shape index (κ2) is 3.87. The minimum Gasteiger partial charge on any atom is -0.0842 e. The van der Waals surface area contributed by atoms with E-state index in [9.17, 15) is 0 Å². The molecule has 0 heterocycles. The summed E-state index contributed by atoms with van der Waals surface area (Å²) >= 11 is 0. The van der Waals surface area contributed by atoms with Crippen LogP contribution in [0.15, 0.2) is 35.5 Å². The van der Waals surface area contributed by atoms with E-state index in [0.717, 1.165) is 11.8 Å². The second-order valence-electron chi connectivity index (χ2n) is 7.74. The summed E-state index contributed by atoms with van der Waals surface area (Å²) in [7, 11) is 0. The maximum Gasteiger partial charge on any atom is 0.00718 e. The molecular weight excluding hydrogens is 228 g/mol. The van der Waals surface area contributed by atoms with Crippen molar-refractivity contribution in [3.8, 4) is 0 Å². The normalized spacial score (nSPS) is 47.9. The average Bonchev–Trinajstić information content (AvgIpc) is 2.79. The summed E-state index contributed by atoms with van der Waals surface area (Å²) in [5.41, 5.74) is 4.50. The monoisotopic (exact) mass is 254 g/mol. The second-order valence-corrected chi connectivity index (χ2v) is 7.74. The lowest BCUT2D eigenvalue weighted by atomic mass is 9.50. The van der Waals surface area contributed by atoms with Gasteiger partial charge in [0.05, 0.1) is 0 Å². The van der Waals surface area contributed by atoms with Crippen LogP contribution in [0.5, 0.6) is 0 Å². The molecule has 0 aromatic carbocycles. The van der Waals surface area contributed by atoms with Gasteiger partial charge in [0.25, 0.3) is 0 Å². The topological polar surface area (TPSA) is 0 Å². The van der Waals surface area contributed by atoms with Crippen molar-refractivity contribution in [2.75, 3.05) is 0 Å². The van der Waals surface area contributed by atoms with E-state index in [4.69, 9.17) is 0 Å². The molecule has 4 atom stereocenters. The van der Waals surface area contributed by atoms with Gasteiger partial charge in [0.2, 0.25) is 0 Å². The highest BCUT2D eigenvalue weighted by molar-refractivity contribution is 5.40. The highest BCUT2D eigenvalue weighted by atomic mass is 14.6. The van der Waals surface area contributed by atoms with E-state index in [1.807, 2.05) is 5.57 Å². The molecule has 4 rings (SSSR count). The van der Waals surface area contributed by atoms with Crippen LogP contribution >= 0.6 is 0 Å². The first-order chi connectivity index (χ1) is 9.13. The largest absolute Gasteiger partial charge is 0.0842 e. The van der Waals surface area contributed by atoms with Gasteiger partial charge in [-0.1, -0.05) is 55.7 Å². The van der Waals surface area contributed by atoms with Gasteiger partial charge in [-0.05, 0) is 55.8 Å². The highest BCUT2D eigenvalue weighted by Gasteiger charge is 2.51. The quantitative estimate of drug-likeness (QED) is 0.506. The maximum absolute atomic E-state index is 2.63. The summed E-state index contributed by atoms with van der Waals surface area (Å²) in [5, 5.41) is 0. The fourth-order valence-corrected chi connectivity index (χ4v) is 5.63. The predicted octanol–water partition coefficient (Wildman–Crippen LogP) is 5.43. The van der Waals surface area contributed by atoms with E-state index in [1.54, 1.807) is 5.57 Å². The predicted molar refractivity (Wildman–Crippen MR) is 80.8 cm³/mol. The van der Waals surface area contributed by atoms with E-state index in [-0.39, 0.29) is 0 Å². The molecule has 0 aromatic heterocycles. The zero-order valence-corrected chi connectivity index (χ0v) is 12.4. The Morgan fingerprint density at radius 2 is 2.05 bits per heavy atom. The molecule has 2 fully saturated rings. The van der Waals surface area contributed by atoms with E-state index in [0.29, 0.717) is 10.8 Å². The summed E-state index contributed by atoms with van der Waals surface area (Å²) in [5.74, 6) is 1.76. The van der Waals surface area contributed by atoms with Crippen LogP contribution in [-0.2, 0) is 0 Å². The van der Waals surface area contributed by atoms with Crippen molar-refractivity contribution >= 4 is 0 Å². The highest BCUT2D eigenvalue weighted by Crippen LogP contribution is 2.62. The molecule has 0 heteroatoms. The van der Waals surface area contributed by atoms with E-state index in [1.165, 1.54) is 44.9 Å². The zero-order valence-electron chi connectivity index (χ0n) is 12.4. The summed E-state index contributed by atoms with van der Waals surface area (Å²) in [6, 6.07) is 0. The fraction of sp³-hybridized carbons (Fsp3) is 0.684. The van der Waals surface area contributed by atoms with Gasteiger partial charge in [-0.25, -0.2) is 0 Å². The van der Waals surface area contributed by atoms with Crippen LogP contribution in [0.2, 0.25) is 0 Å². The van der Waals surface area contributed by atoms with Gasteiger partial charge in [0.15, 0.2) is 0 Å². The number of hydrogen-bond acceptors (Lipinski definition) is 0. The molecule has 0 radical (unpaired) electrons. The van der Waals surface area contributed by atoms with Gasteiger partial charge in [-0.2, -0.15) is 0 Å². The number of fused-ring (bicyclic) bond motifs is 5. The Labute approximate surface area is 117 Å². The van der Waals surface area contributed by atoms with Gasteiger partial charge in [0.1, 0.15) is 0 Å². The number of allylic oxidation sites excluding steroid dienone is 6. The Morgan fingerprint density at radius 1 is 1.16 bits per heavy atom. The summed E-state index contributed by atoms with van der Waals surface area (Å²) in [6.45, 7) is 5.04. The van der Waals surface area contributed by atoms with Gasteiger partial charge < -0.3 is 0 Å².